The second kappa shape index (κ2) is 17.7. The molecule has 2 N–H and O–H groups in total. The SMILES string of the molecule is COc1ccc(-c2c(N3CCCc4c3nnc(Nc3nc5ccccc5s3)c4C)nc(C(=O)O)c(-c3cnn(CC45CC6(C)CC(C)(C4)CC(OCCOS(=O)(=O)c4ccc(C)cc4)(C6)C5)c3C)c2C)cc1. The quantitative estimate of drug-likeness (QED) is 0.0730. The molecule has 15 nitrogen and oxygen atoms in total. The summed E-state index contributed by atoms with van der Waals surface area (Å²) in [6.07, 6.45) is 9.05. The van der Waals surface area contributed by atoms with E-state index in [2.05, 4.69) is 23.8 Å². The summed E-state index contributed by atoms with van der Waals surface area (Å²) in [7, 11) is -2.29. The lowest BCUT2D eigenvalue weighted by Gasteiger charge is -2.69. The standard InChI is InChI=1S/C55H60N8O7S2/c1-33-14-20-39(21-15-33)72(66,67)70-24-23-69-55-29-52(5)26-53(6,30-55)28-54(27-52,31-55)32-63-36(4)41(25-56-63)45-35(3)44(37-16-18-38(68-7)19-17-37)49(58-46(45)50(64)65)62-22-10-11-40-34(2)47(60-61-48(40)62)59-51-57-42-12-8-9-13-43(42)71-51/h8-9,12-21,25H,10-11,22-24,26-32H2,1-7H3,(H,64,65)(H,57,59,60). The lowest BCUT2D eigenvalue weighted by molar-refractivity contribution is -0.249. The molecule has 2 unspecified atom stereocenters. The zero-order valence-electron chi connectivity index (χ0n) is 41.8. The molecule has 1 aliphatic heterocycles. The number of anilines is 4. The molecule has 12 rings (SSSR count). The Morgan fingerprint density at radius 3 is 2.28 bits per heavy atom. The fourth-order valence-electron chi connectivity index (χ4n) is 13.9. The average Bonchev–Trinajstić information content (AvgIpc) is 3.91. The molecular formula is C55H60N8O7S2. The topological polar surface area (TPSA) is 184 Å². The van der Waals surface area contributed by atoms with Gasteiger partial charge in [-0.2, -0.15) is 13.5 Å². The number of hydrogen-bond acceptors (Lipinski definition) is 14. The summed E-state index contributed by atoms with van der Waals surface area (Å²) < 4.78 is 47.1. The number of carbonyl (C=O) groups is 1. The van der Waals surface area contributed by atoms with Crippen LogP contribution in [-0.4, -0.2) is 81.9 Å². The van der Waals surface area contributed by atoms with E-state index < -0.39 is 21.7 Å². The summed E-state index contributed by atoms with van der Waals surface area (Å²) in [5.74, 6) is 1.31. The minimum absolute atomic E-state index is 0.0206. The van der Waals surface area contributed by atoms with Crippen molar-refractivity contribution >= 4 is 60.2 Å². The van der Waals surface area contributed by atoms with Crippen LogP contribution in [0.15, 0.2) is 83.9 Å². The molecule has 0 radical (unpaired) electrons. The number of rotatable bonds is 15. The summed E-state index contributed by atoms with van der Waals surface area (Å²) in [5.41, 5.74) is 7.67. The predicted octanol–water partition coefficient (Wildman–Crippen LogP) is 11.3. The number of fused-ring (bicyclic) bond motifs is 2. The maximum absolute atomic E-state index is 13.6. The van der Waals surface area contributed by atoms with Gasteiger partial charge in [-0.25, -0.2) is 14.8 Å². The number of nitrogens with zero attached hydrogens (tertiary/aromatic N) is 7. The smallest absolute Gasteiger partial charge is 0.355 e. The number of carboxylic acid groups (broad SMARTS) is 1. The first-order valence-corrected chi connectivity index (χ1v) is 26.9. The second-order valence-corrected chi connectivity index (χ2v) is 24.3. The van der Waals surface area contributed by atoms with Crippen molar-refractivity contribution < 1.29 is 32.0 Å². The van der Waals surface area contributed by atoms with E-state index in [0.717, 1.165) is 106 Å². The molecule has 4 saturated carbocycles. The Labute approximate surface area is 424 Å². The highest BCUT2D eigenvalue weighted by Gasteiger charge is 2.66. The molecule has 0 saturated heterocycles. The molecule has 72 heavy (non-hydrogen) atoms. The molecule has 5 heterocycles. The molecular weight excluding hydrogens is 949 g/mol. The Morgan fingerprint density at radius 2 is 1.57 bits per heavy atom. The Balaban J connectivity index is 0.924. The van der Waals surface area contributed by atoms with Crippen LogP contribution in [0, 0.1) is 43.9 Å². The van der Waals surface area contributed by atoms with Crippen LogP contribution >= 0.6 is 11.3 Å². The first-order valence-electron chi connectivity index (χ1n) is 24.7. The number of aryl methyl sites for hydroxylation is 1. The van der Waals surface area contributed by atoms with Crippen LogP contribution in [0.2, 0.25) is 0 Å². The van der Waals surface area contributed by atoms with Gasteiger partial charge in [0.2, 0.25) is 0 Å². The van der Waals surface area contributed by atoms with E-state index in [1.807, 2.05) is 81.1 Å². The second-order valence-electron chi connectivity index (χ2n) is 21.6. The van der Waals surface area contributed by atoms with Crippen molar-refractivity contribution in [2.45, 2.75) is 110 Å². The van der Waals surface area contributed by atoms with Gasteiger partial charge in [0.25, 0.3) is 10.1 Å². The first kappa shape index (κ1) is 48.0. The van der Waals surface area contributed by atoms with E-state index in [1.165, 1.54) is 0 Å². The molecule has 2 atom stereocenters. The first-order chi connectivity index (χ1) is 34.4. The van der Waals surface area contributed by atoms with E-state index in [9.17, 15) is 18.3 Å². The van der Waals surface area contributed by atoms with E-state index in [0.29, 0.717) is 47.4 Å². The van der Waals surface area contributed by atoms with Gasteiger partial charge in [-0.3, -0.25) is 8.86 Å². The molecule has 4 aliphatic carbocycles. The van der Waals surface area contributed by atoms with Gasteiger partial charge in [0.05, 0.1) is 47.2 Å². The Kier molecular flexibility index (Phi) is 11.8. The van der Waals surface area contributed by atoms with E-state index >= 15 is 0 Å². The predicted molar refractivity (Wildman–Crippen MR) is 278 cm³/mol. The molecule has 7 aromatic rings. The maximum atomic E-state index is 13.6. The van der Waals surface area contributed by atoms with Gasteiger partial charge in [0, 0.05) is 46.6 Å². The van der Waals surface area contributed by atoms with E-state index in [4.69, 9.17) is 38.9 Å². The molecule has 374 valence electrons. The van der Waals surface area contributed by atoms with Crippen LogP contribution in [0.5, 0.6) is 5.75 Å². The minimum Gasteiger partial charge on any atom is -0.497 e. The number of carboxylic acids is 1. The van der Waals surface area contributed by atoms with Crippen LogP contribution < -0.4 is 15.0 Å². The number of ether oxygens (including phenoxy) is 2. The summed E-state index contributed by atoms with van der Waals surface area (Å²) in [6, 6.07) is 22.5. The molecule has 0 spiro atoms. The summed E-state index contributed by atoms with van der Waals surface area (Å²) in [4.78, 5) is 25.7. The monoisotopic (exact) mass is 1010 g/mol. The van der Waals surface area contributed by atoms with Gasteiger partial charge in [-0.1, -0.05) is 67.1 Å². The molecule has 17 heteroatoms. The zero-order valence-corrected chi connectivity index (χ0v) is 43.5. The average molecular weight is 1010 g/mol. The van der Waals surface area contributed by atoms with Crippen molar-refractivity contribution in [1.29, 1.82) is 0 Å². The van der Waals surface area contributed by atoms with Crippen LogP contribution in [-0.2, 0) is 32.0 Å². The fourth-order valence-corrected chi connectivity index (χ4v) is 15.7. The number of thiazole rings is 1. The molecule has 4 aromatic heterocycles. The van der Waals surface area contributed by atoms with Gasteiger partial charge < -0.3 is 24.8 Å². The number of nitrogens with one attached hydrogen (secondary N) is 1. The summed E-state index contributed by atoms with van der Waals surface area (Å²) in [6.45, 7) is 14.0. The number of para-hydroxylation sites is 1. The minimum atomic E-state index is -3.93. The highest BCUT2D eigenvalue weighted by Crippen LogP contribution is 2.72. The Bertz CT molecular complexity index is 3340. The van der Waals surface area contributed by atoms with Crippen molar-refractivity contribution in [3.05, 3.63) is 113 Å². The number of aromatic nitrogens is 6. The van der Waals surface area contributed by atoms with Crippen LogP contribution in [0.25, 0.3) is 32.5 Å². The van der Waals surface area contributed by atoms with Gasteiger partial charge in [0.1, 0.15) is 11.6 Å². The third kappa shape index (κ3) is 8.60. The lowest BCUT2D eigenvalue weighted by atomic mass is 9.39. The number of benzene rings is 3. The van der Waals surface area contributed by atoms with Crippen molar-refractivity contribution in [1.82, 2.24) is 29.9 Å². The zero-order chi connectivity index (χ0) is 50.4. The van der Waals surface area contributed by atoms with Crippen LogP contribution in [0.3, 0.4) is 0 Å². The molecule has 4 fully saturated rings. The van der Waals surface area contributed by atoms with E-state index in [1.54, 1.807) is 48.9 Å². The highest BCUT2D eigenvalue weighted by atomic mass is 32.2. The number of aromatic carboxylic acids is 1. The third-order valence-corrected chi connectivity index (χ3v) is 18.0. The largest absolute Gasteiger partial charge is 0.497 e. The van der Waals surface area contributed by atoms with Crippen LogP contribution in [0.4, 0.5) is 22.6 Å². The van der Waals surface area contributed by atoms with Crippen molar-refractivity contribution in [3.8, 4) is 28.0 Å². The van der Waals surface area contributed by atoms with Crippen molar-refractivity contribution in [2.75, 3.05) is 37.1 Å². The lowest BCUT2D eigenvalue weighted by Crippen LogP contribution is -2.64. The molecule has 4 bridgehead atoms. The third-order valence-electron chi connectivity index (χ3n) is 15.7. The maximum Gasteiger partial charge on any atom is 0.355 e. The molecule has 3 aromatic carbocycles. The van der Waals surface area contributed by atoms with Gasteiger partial charge in [-0.15, -0.1) is 10.2 Å². The van der Waals surface area contributed by atoms with Crippen molar-refractivity contribution in [3.63, 3.8) is 0 Å². The number of pyridine rings is 1. The van der Waals surface area contributed by atoms with Crippen molar-refractivity contribution in [2.24, 2.45) is 16.2 Å². The summed E-state index contributed by atoms with van der Waals surface area (Å²) in [5, 5.41) is 29.9. The number of hydrogen-bond donors (Lipinski definition) is 2. The van der Waals surface area contributed by atoms with Gasteiger partial charge >= 0.3 is 5.97 Å². The summed E-state index contributed by atoms with van der Waals surface area (Å²) >= 11 is 1.56. The number of methoxy groups -OCH3 is 1. The van der Waals surface area contributed by atoms with Gasteiger partial charge in [0.15, 0.2) is 22.5 Å². The molecule has 0 amide bonds. The highest BCUT2D eigenvalue weighted by molar-refractivity contribution is 7.86. The fraction of sp³-hybridized carbons (Fsp3) is 0.418. The molecule has 5 aliphatic rings. The Morgan fingerprint density at radius 1 is 0.833 bits per heavy atom. The van der Waals surface area contributed by atoms with Crippen LogP contribution in [0.1, 0.15) is 97.2 Å². The van der Waals surface area contributed by atoms with Gasteiger partial charge in [-0.05, 0) is 143 Å². The Hall–Kier alpha value is -6.27. The normalized spacial score (nSPS) is 23.4. The van der Waals surface area contributed by atoms with E-state index in [-0.39, 0.29) is 40.0 Å².